The van der Waals surface area contributed by atoms with E-state index >= 15 is 0 Å². The summed E-state index contributed by atoms with van der Waals surface area (Å²) in [5.74, 6) is -0.836. The van der Waals surface area contributed by atoms with E-state index in [1.54, 1.807) is 13.8 Å². The molecule has 0 aliphatic heterocycles. The molecule has 0 fully saturated rings. The lowest BCUT2D eigenvalue weighted by atomic mass is 10.2. The summed E-state index contributed by atoms with van der Waals surface area (Å²) >= 11 is 0. The van der Waals surface area contributed by atoms with Crippen LogP contribution in [0, 0.1) is 0 Å². The number of ether oxygens (including phenoxy) is 1. The minimum atomic E-state index is -3.95. The number of esters is 1. The Morgan fingerprint density at radius 2 is 1.77 bits per heavy atom. The molecule has 0 atom stereocenters. The van der Waals surface area contributed by atoms with Gasteiger partial charge in [0.2, 0.25) is 9.05 Å². The molecule has 0 saturated carbocycles. The van der Waals surface area contributed by atoms with Crippen molar-refractivity contribution < 1.29 is 17.9 Å². The van der Waals surface area contributed by atoms with E-state index in [-0.39, 0.29) is 6.10 Å². The third-order valence-corrected chi connectivity index (χ3v) is 3.99. The van der Waals surface area contributed by atoms with Gasteiger partial charge in [0.15, 0.2) is 4.75 Å². The maximum Gasteiger partial charge on any atom is 0.328 e. The van der Waals surface area contributed by atoms with Crippen LogP contribution in [0.15, 0.2) is 0 Å². The fraction of sp³-hybridized carbons (Fsp3) is 0.857. The van der Waals surface area contributed by atoms with Crippen LogP contribution in [-0.2, 0) is 18.6 Å². The molecule has 0 radical (unpaired) electrons. The van der Waals surface area contributed by atoms with Gasteiger partial charge in [-0.2, -0.15) is 0 Å². The number of hydrogen-bond acceptors (Lipinski definition) is 4. The minimum absolute atomic E-state index is 0.356. The molecule has 13 heavy (non-hydrogen) atoms. The van der Waals surface area contributed by atoms with Crippen molar-refractivity contribution in [1.29, 1.82) is 0 Å². The highest BCUT2D eigenvalue weighted by Crippen LogP contribution is 2.22. The molecule has 0 aliphatic carbocycles. The van der Waals surface area contributed by atoms with E-state index in [0.29, 0.717) is 0 Å². The maximum absolute atomic E-state index is 11.2. The molecule has 0 spiro atoms. The van der Waals surface area contributed by atoms with Crippen LogP contribution in [-0.4, -0.2) is 25.2 Å². The first-order valence-corrected chi connectivity index (χ1v) is 6.05. The van der Waals surface area contributed by atoms with Gasteiger partial charge in [0.05, 0.1) is 6.10 Å². The minimum Gasteiger partial charge on any atom is -0.462 e. The summed E-state index contributed by atoms with van der Waals surface area (Å²) in [6.07, 6.45) is -0.356. The number of halogens is 1. The fourth-order valence-corrected chi connectivity index (χ4v) is 0.892. The van der Waals surface area contributed by atoms with Crippen LogP contribution in [0.5, 0.6) is 0 Å². The molecule has 0 amide bonds. The smallest absolute Gasteiger partial charge is 0.328 e. The Balaban J connectivity index is 4.77. The van der Waals surface area contributed by atoms with E-state index in [1.807, 2.05) is 0 Å². The van der Waals surface area contributed by atoms with Gasteiger partial charge in [0.25, 0.3) is 0 Å². The normalized spacial score (nSPS) is 13.1. The molecule has 0 heterocycles. The number of hydrogen-bond donors (Lipinski definition) is 0. The highest BCUT2D eigenvalue weighted by atomic mass is 35.7. The van der Waals surface area contributed by atoms with Crippen LogP contribution < -0.4 is 0 Å². The third-order valence-electron chi connectivity index (χ3n) is 1.44. The zero-order valence-corrected chi connectivity index (χ0v) is 9.57. The van der Waals surface area contributed by atoms with Crippen molar-refractivity contribution in [2.24, 2.45) is 0 Å². The Kier molecular flexibility index (Phi) is 3.75. The van der Waals surface area contributed by atoms with Crippen LogP contribution in [0.25, 0.3) is 0 Å². The van der Waals surface area contributed by atoms with E-state index in [9.17, 15) is 13.2 Å². The molecule has 0 aliphatic rings. The van der Waals surface area contributed by atoms with Gasteiger partial charge in [-0.25, -0.2) is 8.42 Å². The molecular formula is C7H13ClO4S. The van der Waals surface area contributed by atoms with Crippen molar-refractivity contribution >= 4 is 25.7 Å². The lowest BCUT2D eigenvalue weighted by Crippen LogP contribution is -2.40. The van der Waals surface area contributed by atoms with E-state index in [1.165, 1.54) is 13.8 Å². The predicted molar refractivity (Wildman–Crippen MR) is 50.1 cm³/mol. The quantitative estimate of drug-likeness (QED) is 0.540. The van der Waals surface area contributed by atoms with E-state index < -0.39 is 19.8 Å². The van der Waals surface area contributed by atoms with Crippen LogP contribution >= 0.6 is 10.7 Å². The molecule has 78 valence electrons. The average molecular weight is 229 g/mol. The second-order valence-electron chi connectivity index (χ2n) is 3.40. The summed E-state index contributed by atoms with van der Waals surface area (Å²) in [4.78, 5) is 11.2. The van der Waals surface area contributed by atoms with Gasteiger partial charge in [-0.3, -0.25) is 4.79 Å². The van der Waals surface area contributed by atoms with Crippen molar-refractivity contribution in [2.75, 3.05) is 0 Å². The monoisotopic (exact) mass is 228 g/mol. The topological polar surface area (TPSA) is 60.4 Å². The zero-order chi connectivity index (χ0) is 10.9. The maximum atomic E-state index is 11.2. The van der Waals surface area contributed by atoms with Gasteiger partial charge >= 0.3 is 5.97 Å². The third kappa shape index (κ3) is 3.15. The lowest BCUT2D eigenvalue weighted by molar-refractivity contribution is -0.149. The zero-order valence-electron chi connectivity index (χ0n) is 8.00. The molecule has 0 bridgehead atoms. The predicted octanol–water partition coefficient (Wildman–Crippen LogP) is 1.29. The highest BCUT2D eigenvalue weighted by Gasteiger charge is 2.42. The average Bonchev–Trinajstić information content (AvgIpc) is 1.82. The van der Waals surface area contributed by atoms with Gasteiger partial charge in [0.1, 0.15) is 0 Å². The molecule has 4 nitrogen and oxygen atoms in total. The molecule has 0 rings (SSSR count). The Morgan fingerprint density at radius 3 is 2.00 bits per heavy atom. The van der Waals surface area contributed by atoms with Gasteiger partial charge in [-0.1, -0.05) is 0 Å². The van der Waals surface area contributed by atoms with E-state index in [0.717, 1.165) is 0 Å². The van der Waals surface area contributed by atoms with Crippen molar-refractivity contribution in [3.63, 3.8) is 0 Å². The Morgan fingerprint density at radius 1 is 1.38 bits per heavy atom. The molecular weight excluding hydrogens is 216 g/mol. The Bertz CT molecular complexity index is 292. The summed E-state index contributed by atoms with van der Waals surface area (Å²) in [5.41, 5.74) is 0. The van der Waals surface area contributed by atoms with E-state index in [4.69, 9.17) is 15.4 Å². The number of carbonyl (C=O) groups excluding carboxylic acids is 1. The van der Waals surface area contributed by atoms with Crippen LogP contribution in [0.3, 0.4) is 0 Å². The summed E-state index contributed by atoms with van der Waals surface area (Å²) in [5, 5.41) is 0. The molecule has 0 N–H and O–H groups in total. The van der Waals surface area contributed by atoms with Crippen LogP contribution in [0.4, 0.5) is 0 Å². The van der Waals surface area contributed by atoms with E-state index in [2.05, 4.69) is 0 Å². The van der Waals surface area contributed by atoms with Crippen molar-refractivity contribution in [3.05, 3.63) is 0 Å². The molecule has 0 unspecified atom stereocenters. The largest absolute Gasteiger partial charge is 0.462 e. The van der Waals surface area contributed by atoms with Crippen molar-refractivity contribution in [2.45, 2.75) is 38.5 Å². The molecule has 6 heteroatoms. The summed E-state index contributed by atoms with van der Waals surface area (Å²) in [6, 6.07) is 0. The second-order valence-corrected chi connectivity index (χ2v) is 6.52. The first kappa shape index (κ1) is 12.7. The molecule has 0 saturated heterocycles. The molecule has 0 aromatic rings. The Hall–Kier alpha value is -0.290. The number of rotatable bonds is 3. The number of carbonyl (C=O) groups is 1. The first-order valence-electron chi connectivity index (χ1n) is 3.74. The van der Waals surface area contributed by atoms with Gasteiger partial charge < -0.3 is 4.74 Å². The second kappa shape index (κ2) is 3.84. The van der Waals surface area contributed by atoms with Crippen LogP contribution in [0.2, 0.25) is 0 Å². The van der Waals surface area contributed by atoms with Gasteiger partial charge in [-0.15, -0.1) is 0 Å². The van der Waals surface area contributed by atoms with Crippen molar-refractivity contribution in [3.8, 4) is 0 Å². The SMILES string of the molecule is CC(C)OC(=O)C(C)(C)S(=O)(=O)Cl. The van der Waals surface area contributed by atoms with Crippen molar-refractivity contribution in [1.82, 2.24) is 0 Å². The summed E-state index contributed by atoms with van der Waals surface area (Å²) in [7, 11) is 1.12. The fourth-order valence-electron chi connectivity index (χ4n) is 0.456. The standard InChI is InChI=1S/C7H13ClO4S/c1-5(2)12-6(9)7(3,4)13(8,10)11/h5H,1-4H3. The van der Waals surface area contributed by atoms with Crippen LogP contribution in [0.1, 0.15) is 27.7 Å². The van der Waals surface area contributed by atoms with Gasteiger partial charge in [-0.05, 0) is 27.7 Å². The Labute approximate surface area is 82.6 Å². The highest BCUT2D eigenvalue weighted by molar-refractivity contribution is 8.15. The molecule has 0 aromatic carbocycles. The summed E-state index contributed by atoms with van der Waals surface area (Å²) in [6.45, 7) is 5.68. The first-order chi connectivity index (χ1) is 5.59. The summed E-state index contributed by atoms with van der Waals surface area (Å²) < 4.78 is 24.9. The lowest BCUT2D eigenvalue weighted by Gasteiger charge is -2.20. The molecule has 0 aromatic heterocycles. The van der Waals surface area contributed by atoms with Gasteiger partial charge in [0, 0.05) is 10.7 Å².